The minimum atomic E-state index is -0.762. The van der Waals surface area contributed by atoms with Crippen LogP contribution in [0.1, 0.15) is 355 Å². The molecule has 0 aliphatic rings. The van der Waals surface area contributed by atoms with Crippen molar-refractivity contribution in [3.05, 3.63) is 0 Å². The molecule has 0 saturated heterocycles. The van der Waals surface area contributed by atoms with E-state index >= 15 is 0 Å². The van der Waals surface area contributed by atoms with Crippen molar-refractivity contribution in [2.45, 2.75) is 361 Å². The van der Waals surface area contributed by atoms with Crippen molar-refractivity contribution in [3.8, 4) is 0 Å². The zero-order valence-corrected chi connectivity index (χ0v) is 46.6. The lowest BCUT2D eigenvalue weighted by Gasteiger charge is -2.18. The second-order valence-electron chi connectivity index (χ2n) is 21.6. The molecule has 6 heteroatoms. The summed E-state index contributed by atoms with van der Waals surface area (Å²) in [5.74, 6) is 0.0760. The lowest BCUT2D eigenvalue weighted by molar-refractivity contribution is -0.167. The van der Waals surface area contributed by atoms with Gasteiger partial charge in [0.1, 0.15) is 13.2 Å². The minimum absolute atomic E-state index is 0.0615. The van der Waals surface area contributed by atoms with Crippen LogP contribution in [0.5, 0.6) is 0 Å². The van der Waals surface area contributed by atoms with E-state index in [0.29, 0.717) is 19.3 Å². The average Bonchev–Trinajstić information content (AvgIpc) is 3.34. The molecule has 0 radical (unpaired) electrons. The smallest absolute Gasteiger partial charge is 0.306 e. The van der Waals surface area contributed by atoms with Gasteiger partial charge in [-0.2, -0.15) is 0 Å². The molecule has 0 heterocycles. The summed E-state index contributed by atoms with van der Waals surface area (Å²) in [6.07, 6.45) is 62.4. The molecule has 0 aliphatic carbocycles. The standard InChI is InChI=1S/C62H120O6/c1-5-8-10-12-14-16-18-19-20-21-25-28-31-34-38-42-46-50-54-61(64)67-57-59(56-66-60(63)53-49-45-41-37-17-15-13-11-9-6-2)68-62(65)55-51-47-43-39-35-32-29-26-23-22-24-27-30-33-36-40-44-48-52-58(4)7-3/h58-59H,5-57H2,1-4H3/t58?,59-/m0/s1. The number of esters is 3. The van der Waals surface area contributed by atoms with Gasteiger partial charge in [0.05, 0.1) is 0 Å². The van der Waals surface area contributed by atoms with Crippen molar-refractivity contribution in [1.82, 2.24) is 0 Å². The first-order valence-corrected chi connectivity index (χ1v) is 30.9. The molecule has 0 bridgehead atoms. The Labute approximate surface area is 425 Å². The maximum absolute atomic E-state index is 12.9. The van der Waals surface area contributed by atoms with Crippen molar-refractivity contribution < 1.29 is 28.6 Å². The Hall–Kier alpha value is -1.59. The second kappa shape index (κ2) is 56.3. The molecule has 2 atom stereocenters. The zero-order chi connectivity index (χ0) is 49.5. The molecule has 0 aliphatic heterocycles. The Morgan fingerprint density at radius 1 is 0.294 bits per heavy atom. The molecule has 0 saturated carbocycles. The Kier molecular flexibility index (Phi) is 55.0. The Morgan fingerprint density at radius 3 is 0.765 bits per heavy atom. The van der Waals surface area contributed by atoms with Crippen molar-refractivity contribution >= 4 is 17.9 Å². The van der Waals surface area contributed by atoms with Crippen LogP contribution < -0.4 is 0 Å². The summed E-state index contributed by atoms with van der Waals surface area (Å²) in [6.45, 7) is 9.11. The maximum Gasteiger partial charge on any atom is 0.306 e. The third-order valence-corrected chi connectivity index (χ3v) is 14.7. The van der Waals surface area contributed by atoms with E-state index in [2.05, 4.69) is 27.7 Å². The first kappa shape index (κ1) is 66.4. The van der Waals surface area contributed by atoms with Gasteiger partial charge >= 0.3 is 17.9 Å². The number of hydrogen-bond donors (Lipinski definition) is 0. The van der Waals surface area contributed by atoms with Crippen molar-refractivity contribution in [2.24, 2.45) is 5.92 Å². The third kappa shape index (κ3) is 53.8. The van der Waals surface area contributed by atoms with E-state index in [9.17, 15) is 14.4 Å². The van der Waals surface area contributed by atoms with Crippen LogP contribution in [0.4, 0.5) is 0 Å². The summed E-state index contributed by atoms with van der Waals surface area (Å²) in [4.78, 5) is 38.1. The topological polar surface area (TPSA) is 78.9 Å². The van der Waals surface area contributed by atoms with Crippen LogP contribution in [0.3, 0.4) is 0 Å². The summed E-state index contributed by atoms with van der Waals surface area (Å²) < 4.78 is 16.9. The zero-order valence-electron chi connectivity index (χ0n) is 46.6. The summed E-state index contributed by atoms with van der Waals surface area (Å²) in [5, 5.41) is 0. The average molecular weight is 962 g/mol. The highest BCUT2D eigenvalue weighted by Crippen LogP contribution is 2.19. The Morgan fingerprint density at radius 2 is 0.515 bits per heavy atom. The molecule has 0 aromatic carbocycles. The van der Waals surface area contributed by atoms with Gasteiger partial charge in [-0.15, -0.1) is 0 Å². The molecule has 404 valence electrons. The molecule has 0 aromatic heterocycles. The number of unbranched alkanes of at least 4 members (excludes halogenated alkanes) is 43. The fraction of sp³-hybridized carbons (Fsp3) is 0.952. The van der Waals surface area contributed by atoms with E-state index in [1.807, 2.05) is 0 Å². The van der Waals surface area contributed by atoms with E-state index in [0.717, 1.165) is 63.7 Å². The Bertz CT molecular complexity index is 1030. The summed E-state index contributed by atoms with van der Waals surface area (Å²) in [7, 11) is 0. The summed E-state index contributed by atoms with van der Waals surface area (Å²) in [6, 6.07) is 0. The van der Waals surface area contributed by atoms with Crippen LogP contribution in [0.2, 0.25) is 0 Å². The van der Waals surface area contributed by atoms with Gasteiger partial charge < -0.3 is 14.2 Å². The third-order valence-electron chi connectivity index (χ3n) is 14.7. The highest BCUT2D eigenvalue weighted by molar-refractivity contribution is 5.71. The van der Waals surface area contributed by atoms with Crippen molar-refractivity contribution in [2.75, 3.05) is 13.2 Å². The number of rotatable bonds is 57. The minimum Gasteiger partial charge on any atom is -0.462 e. The summed E-state index contributed by atoms with van der Waals surface area (Å²) in [5.41, 5.74) is 0. The Balaban J connectivity index is 4.19. The normalized spacial score (nSPS) is 12.4. The number of hydrogen-bond acceptors (Lipinski definition) is 6. The largest absolute Gasteiger partial charge is 0.462 e. The van der Waals surface area contributed by atoms with Crippen LogP contribution in [0, 0.1) is 5.92 Å². The van der Waals surface area contributed by atoms with E-state index in [-0.39, 0.29) is 31.1 Å². The highest BCUT2D eigenvalue weighted by atomic mass is 16.6. The first-order valence-electron chi connectivity index (χ1n) is 30.9. The molecule has 0 N–H and O–H groups in total. The molecule has 1 unspecified atom stereocenters. The van der Waals surface area contributed by atoms with Crippen LogP contribution in [-0.4, -0.2) is 37.2 Å². The van der Waals surface area contributed by atoms with Crippen LogP contribution >= 0.6 is 0 Å². The molecule has 0 spiro atoms. The van der Waals surface area contributed by atoms with Gasteiger partial charge in [0.25, 0.3) is 0 Å². The molecular weight excluding hydrogens is 841 g/mol. The molecular formula is C62H120O6. The van der Waals surface area contributed by atoms with Crippen LogP contribution in [0.25, 0.3) is 0 Å². The lowest BCUT2D eigenvalue weighted by Crippen LogP contribution is -2.30. The molecule has 0 amide bonds. The lowest BCUT2D eigenvalue weighted by atomic mass is 9.99. The van der Waals surface area contributed by atoms with Gasteiger partial charge in [-0.25, -0.2) is 0 Å². The number of ether oxygens (including phenoxy) is 3. The van der Waals surface area contributed by atoms with Gasteiger partial charge in [0.15, 0.2) is 6.10 Å². The van der Waals surface area contributed by atoms with Gasteiger partial charge in [-0.1, -0.05) is 317 Å². The van der Waals surface area contributed by atoms with Gasteiger partial charge in [-0.05, 0) is 25.2 Å². The van der Waals surface area contributed by atoms with Crippen LogP contribution in [-0.2, 0) is 28.6 Å². The van der Waals surface area contributed by atoms with Gasteiger partial charge in [0.2, 0.25) is 0 Å². The van der Waals surface area contributed by atoms with E-state index in [1.165, 1.54) is 250 Å². The molecule has 68 heavy (non-hydrogen) atoms. The predicted octanol–water partition coefficient (Wildman–Crippen LogP) is 20.6. The van der Waals surface area contributed by atoms with Crippen molar-refractivity contribution in [1.29, 1.82) is 0 Å². The van der Waals surface area contributed by atoms with E-state index < -0.39 is 6.10 Å². The van der Waals surface area contributed by atoms with Gasteiger partial charge in [0, 0.05) is 19.3 Å². The van der Waals surface area contributed by atoms with Crippen molar-refractivity contribution in [3.63, 3.8) is 0 Å². The monoisotopic (exact) mass is 961 g/mol. The number of carbonyl (C=O) groups excluding carboxylic acids is 3. The fourth-order valence-corrected chi connectivity index (χ4v) is 9.60. The number of carbonyl (C=O) groups is 3. The fourth-order valence-electron chi connectivity index (χ4n) is 9.60. The molecule has 6 nitrogen and oxygen atoms in total. The summed E-state index contributed by atoms with van der Waals surface area (Å²) >= 11 is 0. The molecule has 0 fully saturated rings. The molecule has 0 aromatic rings. The molecule has 0 rings (SSSR count). The van der Waals surface area contributed by atoms with E-state index in [1.54, 1.807) is 0 Å². The second-order valence-corrected chi connectivity index (χ2v) is 21.6. The van der Waals surface area contributed by atoms with E-state index in [4.69, 9.17) is 14.2 Å². The van der Waals surface area contributed by atoms with Gasteiger partial charge in [-0.3, -0.25) is 14.4 Å². The van der Waals surface area contributed by atoms with Crippen LogP contribution in [0.15, 0.2) is 0 Å². The highest BCUT2D eigenvalue weighted by Gasteiger charge is 2.19. The maximum atomic E-state index is 12.9. The first-order chi connectivity index (χ1) is 33.4. The SMILES string of the molecule is CCCCCCCCCCCCCCCCCCCCC(=O)OC[C@H](COC(=O)CCCCCCCCCCCC)OC(=O)CCCCCCCCCCCCCCCCCCCCC(C)CC. The quantitative estimate of drug-likeness (QED) is 0.0343. The predicted molar refractivity (Wildman–Crippen MR) is 293 cm³/mol.